The number of allylic oxidation sites excluding steroid dienone is 3. The number of amides is 2. The Hall–Kier alpha value is -2.50. The van der Waals surface area contributed by atoms with Gasteiger partial charge in [0, 0.05) is 13.1 Å². The van der Waals surface area contributed by atoms with Crippen molar-refractivity contribution in [3.05, 3.63) is 49.1 Å². The van der Waals surface area contributed by atoms with Gasteiger partial charge in [-0.2, -0.15) is 0 Å². The minimum atomic E-state index is -0.659. The van der Waals surface area contributed by atoms with Crippen molar-refractivity contribution in [2.45, 2.75) is 65.0 Å². The van der Waals surface area contributed by atoms with Crippen molar-refractivity contribution in [2.24, 2.45) is 5.92 Å². The third kappa shape index (κ3) is 8.09. The van der Waals surface area contributed by atoms with Gasteiger partial charge < -0.3 is 19.7 Å². The summed E-state index contributed by atoms with van der Waals surface area (Å²) in [6.07, 6.45) is 10.8. The van der Waals surface area contributed by atoms with Crippen molar-refractivity contribution in [3.63, 3.8) is 0 Å². The van der Waals surface area contributed by atoms with Crippen LogP contribution in [0.15, 0.2) is 49.1 Å². The van der Waals surface area contributed by atoms with E-state index < -0.39 is 17.2 Å². The molecule has 1 N–H and O–H groups in total. The number of piperidine rings is 1. The van der Waals surface area contributed by atoms with E-state index >= 15 is 0 Å². The Morgan fingerprint density at radius 2 is 2.00 bits per heavy atom. The average molecular weight is 419 g/mol. The summed E-state index contributed by atoms with van der Waals surface area (Å²) >= 11 is 0. The third-order valence-corrected chi connectivity index (χ3v) is 5.07. The van der Waals surface area contributed by atoms with Crippen molar-refractivity contribution in [1.29, 1.82) is 0 Å². The monoisotopic (exact) mass is 418 g/mol. The predicted octanol–water partition coefficient (Wildman–Crippen LogP) is 5.38. The maximum Gasteiger partial charge on any atom is 0.410 e. The first-order valence-electron chi connectivity index (χ1n) is 10.6. The number of carbonyl (C=O) groups excluding carboxylic acids is 2. The van der Waals surface area contributed by atoms with Crippen LogP contribution in [0.1, 0.15) is 53.9 Å². The molecule has 1 aliphatic rings. The van der Waals surface area contributed by atoms with Crippen LogP contribution in [0.4, 0.5) is 9.59 Å². The summed E-state index contributed by atoms with van der Waals surface area (Å²) < 4.78 is 11.0. The lowest BCUT2D eigenvalue weighted by Gasteiger charge is -2.45. The molecule has 6 heteroatoms. The minimum Gasteiger partial charge on any atom is -0.445 e. The van der Waals surface area contributed by atoms with Gasteiger partial charge in [0.05, 0.1) is 5.54 Å². The second-order valence-electron chi connectivity index (χ2n) is 8.67. The molecule has 0 saturated carbocycles. The highest BCUT2D eigenvalue weighted by molar-refractivity contribution is 5.71. The normalized spacial score (nSPS) is 21.1. The number of rotatable bonds is 8. The Balaban J connectivity index is 2.87. The SMILES string of the molecule is C=C/C(=C\C=C/CC)COC(=O)NC1(C(C)C=C)CCCN(C(=O)OC(C)(C)C)C1. The van der Waals surface area contributed by atoms with Crippen molar-refractivity contribution in [1.82, 2.24) is 10.2 Å². The van der Waals surface area contributed by atoms with E-state index in [0.717, 1.165) is 24.8 Å². The van der Waals surface area contributed by atoms with Crippen molar-refractivity contribution >= 4 is 12.2 Å². The van der Waals surface area contributed by atoms with Crippen LogP contribution in [0.5, 0.6) is 0 Å². The quantitative estimate of drug-likeness (QED) is 0.424. The Morgan fingerprint density at radius 3 is 2.57 bits per heavy atom. The van der Waals surface area contributed by atoms with Gasteiger partial charge in [-0.3, -0.25) is 0 Å². The van der Waals surface area contributed by atoms with Crippen LogP contribution in [0.3, 0.4) is 0 Å². The van der Waals surface area contributed by atoms with E-state index in [2.05, 4.69) is 18.5 Å². The molecule has 1 rings (SSSR count). The molecule has 30 heavy (non-hydrogen) atoms. The molecule has 0 bridgehead atoms. The molecule has 1 aliphatic heterocycles. The highest BCUT2D eigenvalue weighted by Crippen LogP contribution is 2.30. The van der Waals surface area contributed by atoms with Gasteiger partial charge in [0.1, 0.15) is 12.2 Å². The predicted molar refractivity (Wildman–Crippen MR) is 121 cm³/mol. The van der Waals surface area contributed by atoms with Crippen LogP contribution in [0.2, 0.25) is 0 Å². The molecule has 0 aromatic rings. The number of nitrogens with zero attached hydrogens (tertiary/aromatic N) is 1. The molecule has 0 radical (unpaired) electrons. The maximum absolute atomic E-state index is 12.6. The van der Waals surface area contributed by atoms with Gasteiger partial charge in [0.15, 0.2) is 0 Å². The molecule has 168 valence electrons. The number of nitrogens with one attached hydrogen (secondary N) is 1. The molecule has 2 amide bonds. The van der Waals surface area contributed by atoms with E-state index in [1.807, 2.05) is 52.8 Å². The molecule has 2 atom stereocenters. The Bertz CT molecular complexity index is 675. The molecule has 1 saturated heterocycles. The Labute approximate surface area is 181 Å². The summed E-state index contributed by atoms with van der Waals surface area (Å²) in [5.41, 5.74) is -0.429. The topological polar surface area (TPSA) is 67.9 Å². The molecule has 1 fully saturated rings. The van der Waals surface area contributed by atoms with Crippen molar-refractivity contribution in [2.75, 3.05) is 19.7 Å². The standard InChI is InChI=1S/C24H38N2O4/c1-8-11-12-14-20(10-3)17-29-21(27)25-24(19(4)9-2)15-13-16-26(18-24)22(28)30-23(5,6)7/h9-12,14,19H,2-3,8,13,15-18H2,1,4-7H3,(H,25,27)/b12-11-,20-14+. The lowest BCUT2D eigenvalue weighted by molar-refractivity contribution is 0.00653. The fourth-order valence-electron chi connectivity index (χ4n) is 3.27. The zero-order valence-corrected chi connectivity index (χ0v) is 19.2. The first-order chi connectivity index (χ1) is 14.1. The Morgan fingerprint density at radius 1 is 1.30 bits per heavy atom. The van der Waals surface area contributed by atoms with Crippen LogP contribution in [0.25, 0.3) is 0 Å². The number of carbonyl (C=O) groups is 2. The minimum absolute atomic E-state index is 0.0582. The second-order valence-corrected chi connectivity index (χ2v) is 8.67. The molecule has 0 spiro atoms. The molecule has 2 unspecified atom stereocenters. The van der Waals surface area contributed by atoms with E-state index in [1.165, 1.54) is 0 Å². The third-order valence-electron chi connectivity index (χ3n) is 5.07. The van der Waals surface area contributed by atoms with Gasteiger partial charge in [0.25, 0.3) is 0 Å². The summed E-state index contributed by atoms with van der Waals surface area (Å²) in [5.74, 6) is -0.0582. The summed E-state index contributed by atoms with van der Waals surface area (Å²) in [5, 5.41) is 3.02. The lowest BCUT2D eigenvalue weighted by Crippen LogP contribution is -2.63. The number of hydrogen-bond donors (Lipinski definition) is 1. The number of likely N-dealkylation sites (tertiary alicyclic amines) is 1. The van der Waals surface area contributed by atoms with Gasteiger partial charge in [-0.15, -0.1) is 6.58 Å². The van der Waals surface area contributed by atoms with Crippen LogP contribution in [0, 0.1) is 5.92 Å². The Kier molecular flexibility index (Phi) is 9.90. The van der Waals surface area contributed by atoms with Gasteiger partial charge in [0.2, 0.25) is 0 Å². The molecule has 6 nitrogen and oxygen atoms in total. The molecule has 0 aromatic heterocycles. The summed E-state index contributed by atoms with van der Waals surface area (Å²) in [4.78, 5) is 26.8. The van der Waals surface area contributed by atoms with Crippen LogP contribution >= 0.6 is 0 Å². The average Bonchev–Trinajstić information content (AvgIpc) is 2.68. The first kappa shape index (κ1) is 25.5. The van der Waals surface area contributed by atoms with Crippen LogP contribution in [-0.4, -0.2) is 47.9 Å². The first-order valence-corrected chi connectivity index (χ1v) is 10.6. The van der Waals surface area contributed by atoms with E-state index in [0.29, 0.717) is 13.1 Å². The van der Waals surface area contributed by atoms with E-state index in [1.54, 1.807) is 17.1 Å². The second kappa shape index (κ2) is 11.6. The number of ether oxygens (including phenoxy) is 2. The highest BCUT2D eigenvalue weighted by Gasteiger charge is 2.43. The highest BCUT2D eigenvalue weighted by atomic mass is 16.6. The zero-order chi connectivity index (χ0) is 22.8. The van der Waals surface area contributed by atoms with E-state index in [4.69, 9.17) is 9.47 Å². The number of hydrogen-bond acceptors (Lipinski definition) is 4. The van der Waals surface area contributed by atoms with Crippen molar-refractivity contribution in [3.8, 4) is 0 Å². The molecule has 1 heterocycles. The molecule has 0 aliphatic carbocycles. The number of alkyl carbamates (subject to hydrolysis) is 1. The van der Waals surface area contributed by atoms with Gasteiger partial charge in [-0.05, 0) is 51.5 Å². The van der Waals surface area contributed by atoms with Gasteiger partial charge in [-0.1, -0.05) is 50.8 Å². The van der Waals surface area contributed by atoms with Crippen LogP contribution < -0.4 is 5.32 Å². The molecule has 0 aromatic carbocycles. The van der Waals surface area contributed by atoms with E-state index in [9.17, 15) is 9.59 Å². The molecular weight excluding hydrogens is 380 g/mol. The van der Waals surface area contributed by atoms with Gasteiger partial charge in [-0.25, -0.2) is 9.59 Å². The van der Waals surface area contributed by atoms with E-state index in [-0.39, 0.29) is 18.6 Å². The van der Waals surface area contributed by atoms with Crippen molar-refractivity contribution < 1.29 is 19.1 Å². The van der Waals surface area contributed by atoms with Gasteiger partial charge >= 0.3 is 12.2 Å². The maximum atomic E-state index is 12.6. The summed E-state index contributed by atoms with van der Waals surface area (Å²) in [6.45, 7) is 18.2. The summed E-state index contributed by atoms with van der Waals surface area (Å²) in [7, 11) is 0. The summed E-state index contributed by atoms with van der Waals surface area (Å²) in [6, 6.07) is 0. The smallest absolute Gasteiger partial charge is 0.410 e. The lowest BCUT2D eigenvalue weighted by atomic mass is 9.78. The van der Waals surface area contributed by atoms with Crippen LogP contribution in [-0.2, 0) is 9.47 Å². The zero-order valence-electron chi connectivity index (χ0n) is 19.2. The fourth-order valence-corrected chi connectivity index (χ4v) is 3.27. The largest absolute Gasteiger partial charge is 0.445 e. The molecular formula is C24H38N2O4. The fraction of sp³-hybridized carbons (Fsp3) is 0.583.